The monoisotopic (exact) mass is 1140 g/mol. The van der Waals surface area contributed by atoms with Crippen LogP contribution in [0.15, 0.2) is 144 Å². The first-order chi connectivity index (χ1) is 39.1. The number of carbonyl (C=O) groups excluding carboxylic acids is 7. The first-order valence-corrected chi connectivity index (χ1v) is 27.4. The maximum absolute atomic E-state index is 12.7. The minimum atomic E-state index is -1.51. The van der Waals surface area contributed by atoms with Gasteiger partial charge < -0.3 is 46.2 Å². The molecule has 4 aromatic carbocycles. The highest BCUT2D eigenvalue weighted by atomic mass is 35.5. The van der Waals surface area contributed by atoms with E-state index >= 15 is 0 Å². The minimum absolute atomic E-state index is 0. The molecule has 2 saturated heterocycles. The van der Waals surface area contributed by atoms with Crippen molar-refractivity contribution in [2.45, 2.75) is 89.9 Å². The molecule has 10 rings (SSSR count). The van der Waals surface area contributed by atoms with Crippen molar-refractivity contribution in [3.8, 4) is 22.5 Å². The number of carboxylic acids is 1. The van der Waals surface area contributed by atoms with Gasteiger partial charge >= 0.3 is 11.9 Å². The highest BCUT2D eigenvalue weighted by Crippen LogP contribution is 2.48. The number of unbranched alkanes of at least 4 members (excludes halogenated alkanes) is 2. The molecular formula is C65H67ClN6O11. The fraction of sp³-hybridized carbons (Fsp3) is 0.308. The second kappa shape index (κ2) is 24.6. The standard InChI is InChI=1S/C36H42N3O4.C29H25N3O7.ClH/c1-35(2)26-16-11-13-18-28(26)37(5)30(35)20-8-6-9-21-31-36(3,4)27-17-12-14-19-29(27)38(31)25-15-7-10-22-34(42)43-39-32(40)23-24-33(39)41;1-30(2)17-6-9-20-23(14-17)38-24-15-18(31(3)4)7-10-21(24)27(20)19-8-5-16(13-22(19)28(35)36)29(37)39-32-25(33)11-12-26(32)34;/h6,8-9,11-14,16-21H,7,10,15,22-25H2,1-5H3;5-10,13-15H,11-12H2,1-4H3;1H/q+1;;/p-1. The number of para-hydroxylation sites is 2. The molecule has 0 spiro atoms. The van der Waals surface area contributed by atoms with Crippen LogP contribution in [0, 0.1) is 0 Å². The summed E-state index contributed by atoms with van der Waals surface area (Å²) in [6.07, 6.45) is 13.4. The molecule has 5 heterocycles. The van der Waals surface area contributed by atoms with Crippen molar-refractivity contribution in [2.24, 2.45) is 0 Å². The molecule has 0 unspecified atom stereocenters. The third-order valence-electron chi connectivity index (χ3n) is 15.6. The van der Waals surface area contributed by atoms with Crippen LogP contribution in [0.5, 0.6) is 0 Å². The van der Waals surface area contributed by atoms with Gasteiger partial charge in [-0.3, -0.25) is 19.2 Å². The van der Waals surface area contributed by atoms with E-state index in [-0.39, 0.29) is 66.5 Å². The van der Waals surface area contributed by atoms with E-state index in [4.69, 9.17) is 14.1 Å². The Morgan fingerprint density at radius 1 is 0.723 bits per heavy atom. The van der Waals surface area contributed by atoms with Crippen molar-refractivity contribution in [3.63, 3.8) is 0 Å². The number of hydroxylamine groups is 4. The Kier molecular flexibility index (Phi) is 17.9. The lowest BCUT2D eigenvalue weighted by Gasteiger charge is -2.27. The fourth-order valence-electron chi connectivity index (χ4n) is 11.1. The summed E-state index contributed by atoms with van der Waals surface area (Å²) in [6, 6.07) is 32.4. The summed E-state index contributed by atoms with van der Waals surface area (Å²) in [5.41, 5.74) is 10.0. The Morgan fingerprint density at radius 3 is 2.01 bits per heavy atom. The normalized spacial score (nSPS) is 16.5. The molecule has 2 fully saturated rings. The second-order valence-electron chi connectivity index (χ2n) is 22.2. The van der Waals surface area contributed by atoms with Crippen molar-refractivity contribution in [1.29, 1.82) is 0 Å². The number of allylic oxidation sites excluding steroid dienone is 6. The third-order valence-corrected chi connectivity index (χ3v) is 15.6. The molecule has 83 heavy (non-hydrogen) atoms. The number of fused-ring (bicyclic) bond motifs is 4. The predicted octanol–water partition coefficient (Wildman–Crippen LogP) is 5.55. The number of nitrogens with zero attached hydrogens (tertiary/aromatic N) is 6. The summed E-state index contributed by atoms with van der Waals surface area (Å²) in [5.74, 6) is -4.70. The molecule has 0 bridgehead atoms. The van der Waals surface area contributed by atoms with Crippen LogP contribution in [0.2, 0.25) is 0 Å². The zero-order valence-electron chi connectivity index (χ0n) is 48.1. The number of aromatic carboxylic acids is 1. The van der Waals surface area contributed by atoms with Crippen molar-refractivity contribution in [1.82, 2.24) is 14.7 Å². The fourth-order valence-corrected chi connectivity index (χ4v) is 11.1. The zero-order valence-corrected chi connectivity index (χ0v) is 48.9. The van der Waals surface area contributed by atoms with Crippen LogP contribution in [0.4, 0.5) is 17.1 Å². The number of anilines is 2. The SMILES string of the molecule is CN(C)c1ccc2c(-c3ccc(C(=O)ON4C(=O)CCC4=O)cc3C(=O)[O-])c3ccc(=[N+](C)C)cc-3oc2c1.C[N+]1=C(C=CC=CC=C2N(CCCCCC(=O)ON3C(=O)CCC3=O)c3ccccc3C2(C)C)C(C)(C)c2ccccc21.[Cl-]. The molecule has 0 atom stereocenters. The maximum Gasteiger partial charge on any atom is 0.363 e. The van der Waals surface area contributed by atoms with E-state index in [2.05, 4.69) is 123 Å². The van der Waals surface area contributed by atoms with E-state index in [1.807, 2.05) is 74.1 Å². The van der Waals surface area contributed by atoms with Crippen LogP contribution in [-0.2, 0) is 44.5 Å². The van der Waals surface area contributed by atoms with Gasteiger partial charge in [-0.1, -0.05) is 81.0 Å². The molecule has 4 amide bonds. The number of benzene rings is 5. The van der Waals surface area contributed by atoms with Gasteiger partial charge in [0.05, 0.1) is 23.0 Å². The van der Waals surface area contributed by atoms with Crippen LogP contribution in [-0.4, -0.2) is 104 Å². The van der Waals surface area contributed by atoms with Crippen LogP contribution in [0.1, 0.15) is 111 Å². The van der Waals surface area contributed by atoms with Crippen LogP contribution >= 0.6 is 0 Å². The molecule has 17 nitrogen and oxygen atoms in total. The Morgan fingerprint density at radius 2 is 1.36 bits per heavy atom. The molecule has 4 aromatic rings. The number of hydrogen-bond acceptors (Lipinski definition) is 13. The molecule has 6 aliphatic rings. The summed E-state index contributed by atoms with van der Waals surface area (Å²) in [6.45, 7) is 9.90. The van der Waals surface area contributed by atoms with E-state index in [9.17, 15) is 38.7 Å². The maximum atomic E-state index is 12.7. The molecule has 0 saturated carbocycles. The van der Waals surface area contributed by atoms with E-state index in [0.29, 0.717) is 50.0 Å². The molecule has 430 valence electrons. The Balaban J connectivity index is 0.000000215. The summed E-state index contributed by atoms with van der Waals surface area (Å²) >= 11 is 0. The zero-order chi connectivity index (χ0) is 58.8. The predicted molar refractivity (Wildman–Crippen MR) is 310 cm³/mol. The highest BCUT2D eigenvalue weighted by Gasteiger charge is 2.43. The van der Waals surface area contributed by atoms with Gasteiger partial charge in [-0.05, 0) is 80.3 Å². The number of carboxylic acid groups (broad SMARTS) is 1. The number of amides is 4. The van der Waals surface area contributed by atoms with Gasteiger partial charge in [-0.2, -0.15) is 4.58 Å². The molecule has 1 aliphatic carbocycles. The first kappa shape index (κ1) is 60.1. The van der Waals surface area contributed by atoms with Gasteiger partial charge in [-0.15, -0.1) is 10.1 Å². The lowest BCUT2D eigenvalue weighted by molar-refractivity contribution is -0.401. The lowest BCUT2D eigenvalue weighted by Crippen LogP contribution is -3.00. The van der Waals surface area contributed by atoms with Gasteiger partial charge in [0, 0.05) is 127 Å². The average molecular weight is 1140 g/mol. The van der Waals surface area contributed by atoms with E-state index in [1.165, 1.54) is 46.0 Å². The molecular weight excluding hydrogens is 1080 g/mol. The summed E-state index contributed by atoms with van der Waals surface area (Å²) in [7, 11) is 9.75. The molecule has 0 aromatic heterocycles. The van der Waals surface area contributed by atoms with Crippen LogP contribution in [0.25, 0.3) is 33.4 Å². The van der Waals surface area contributed by atoms with Gasteiger partial charge in [0.15, 0.2) is 5.71 Å². The smallest absolute Gasteiger partial charge is 0.363 e. The van der Waals surface area contributed by atoms with Crippen molar-refractivity contribution < 1.29 is 69.7 Å². The number of halogens is 1. The second-order valence-corrected chi connectivity index (χ2v) is 22.2. The summed E-state index contributed by atoms with van der Waals surface area (Å²) < 4.78 is 10.5. The number of carbonyl (C=O) groups is 7. The molecule has 0 N–H and O–H groups in total. The van der Waals surface area contributed by atoms with E-state index in [1.54, 1.807) is 0 Å². The average Bonchev–Trinajstić information content (AvgIpc) is 4.33. The van der Waals surface area contributed by atoms with Crippen LogP contribution in [0.3, 0.4) is 0 Å². The van der Waals surface area contributed by atoms with Gasteiger partial charge in [0.1, 0.15) is 32.5 Å². The Bertz CT molecular complexity index is 3760. The minimum Gasteiger partial charge on any atom is -1.00 e. The van der Waals surface area contributed by atoms with Crippen LogP contribution < -0.4 is 37.2 Å². The molecule has 5 aliphatic heterocycles. The van der Waals surface area contributed by atoms with E-state index in [0.717, 1.165) is 36.5 Å². The number of hydrogen-bond donors (Lipinski definition) is 0. The van der Waals surface area contributed by atoms with Crippen molar-refractivity contribution >= 4 is 75.3 Å². The van der Waals surface area contributed by atoms with Crippen molar-refractivity contribution in [2.75, 3.05) is 51.6 Å². The summed E-state index contributed by atoms with van der Waals surface area (Å²) in [4.78, 5) is 98.6. The Labute approximate surface area is 488 Å². The number of rotatable bonds is 15. The topological polar surface area (TPSA) is 193 Å². The lowest BCUT2D eigenvalue weighted by atomic mass is 9.81. The first-order valence-electron chi connectivity index (χ1n) is 27.4. The third kappa shape index (κ3) is 12.2. The van der Waals surface area contributed by atoms with Gasteiger partial charge in [-0.25, -0.2) is 14.2 Å². The van der Waals surface area contributed by atoms with E-state index < -0.39 is 41.5 Å². The highest BCUT2D eigenvalue weighted by molar-refractivity contribution is 6.09. The molecule has 18 heteroatoms. The van der Waals surface area contributed by atoms with Gasteiger partial charge in [0.25, 0.3) is 23.6 Å². The summed E-state index contributed by atoms with van der Waals surface area (Å²) in [5, 5.41) is 15.0. The molecule has 0 radical (unpaired) electrons. The quantitative estimate of drug-likeness (QED) is 0.0410. The van der Waals surface area contributed by atoms with Gasteiger partial charge in [0.2, 0.25) is 11.0 Å². The largest absolute Gasteiger partial charge is 1.00 e. The Hall–Kier alpha value is -8.96. The van der Waals surface area contributed by atoms with Crippen molar-refractivity contribution in [3.05, 3.63) is 167 Å². The number of imide groups is 2.